The lowest BCUT2D eigenvalue weighted by Gasteiger charge is -2.13. The van der Waals surface area contributed by atoms with Crippen LogP contribution in [0.2, 0.25) is 0 Å². The smallest absolute Gasteiger partial charge is 0.382 e. The molecule has 2 aromatic heterocycles. The van der Waals surface area contributed by atoms with Crippen molar-refractivity contribution in [3.63, 3.8) is 0 Å². The Morgan fingerprint density at radius 1 is 1.48 bits per heavy atom. The molecule has 124 valence electrons. The summed E-state index contributed by atoms with van der Waals surface area (Å²) in [4.78, 5) is 25.7. The normalized spacial score (nSPS) is 12.9. The molecule has 0 aliphatic carbocycles. The summed E-state index contributed by atoms with van der Waals surface area (Å²) in [6, 6.07) is 0. The monoisotopic (exact) mass is 392 g/mol. The van der Waals surface area contributed by atoms with Crippen LogP contribution in [-0.4, -0.2) is 32.4 Å². The highest BCUT2D eigenvalue weighted by Gasteiger charge is 2.37. The Labute approximate surface area is 137 Å². The Balaban J connectivity index is 2.12. The minimum atomic E-state index is -4.72. The van der Waals surface area contributed by atoms with E-state index in [-0.39, 0.29) is 18.2 Å². The number of aromatic amines is 1. The van der Waals surface area contributed by atoms with Crippen LogP contribution in [-0.2, 0) is 6.18 Å². The van der Waals surface area contributed by atoms with E-state index in [9.17, 15) is 18.0 Å². The molecule has 23 heavy (non-hydrogen) atoms. The largest absolute Gasteiger partial charge is 0.436 e. The highest BCUT2D eigenvalue weighted by molar-refractivity contribution is 9.10. The minimum Gasteiger partial charge on any atom is -0.382 e. The first-order chi connectivity index (χ1) is 10.7. The summed E-state index contributed by atoms with van der Waals surface area (Å²) < 4.78 is 37.4. The summed E-state index contributed by atoms with van der Waals surface area (Å²) in [5.41, 5.74) is 3.75. The number of aromatic nitrogens is 4. The molecule has 1 amide bonds. The second kappa shape index (κ2) is 6.52. The molecule has 0 spiro atoms. The average Bonchev–Trinajstić information content (AvgIpc) is 2.99. The van der Waals surface area contributed by atoms with E-state index in [2.05, 4.69) is 41.2 Å². The van der Waals surface area contributed by atoms with Gasteiger partial charge in [0, 0.05) is 24.9 Å². The topological polar surface area (TPSA) is 110 Å². The van der Waals surface area contributed by atoms with Gasteiger partial charge in [-0.3, -0.25) is 4.79 Å². The van der Waals surface area contributed by atoms with Crippen LogP contribution in [0, 0.1) is 0 Å². The van der Waals surface area contributed by atoms with Crippen molar-refractivity contribution in [1.29, 1.82) is 0 Å². The molecular weight excluding hydrogens is 381 g/mol. The lowest BCUT2D eigenvalue weighted by molar-refractivity contribution is -0.142. The quantitative estimate of drug-likeness (QED) is 0.737. The molecule has 0 bridgehead atoms. The molecule has 0 aromatic carbocycles. The molecule has 0 aliphatic heterocycles. The molecule has 2 rings (SSSR count). The number of carbonyl (C=O) groups is 1. The van der Waals surface area contributed by atoms with Gasteiger partial charge in [-0.15, -0.1) is 0 Å². The zero-order valence-corrected chi connectivity index (χ0v) is 13.4. The molecule has 7 nitrogen and oxygen atoms in total. The third-order valence-electron chi connectivity index (χ3n) is 2.92. The van der Waals surface area contributed by atoms with Crippen LogP contribution in [0.4, 0.5) is 19.0 Å². The number of anilines is 1. The summed E-state index contributed by atoms with van der Waals surface area (Å²) in [5, 5.41) is 2.53. The highest BCUT2D eigenvalue weighted by atomic mass is 79.9. The first-order valence-electron chi connectivity index (χ1n) is 6.37. The van der Waals surface area contributed by atoms with Gasteiger partial charge in [0.1, 0.15) is 10.4 Å². The van der Waals surface area contributed by atoms with Crippen molar-refractivity contribution < 1.29 is 18.0 Å². The maximum atomic E-state index is 12.7. The summed E-state index contributed by atoms with van der Waals surface area (Å²) >= 11 is 2.65. The van der Waals surface area contributed by atoms with E-state index in [4.69, 9.17) is 5.73 Å². The van der Waals surface area contributed by atoms with Crippen LogP contribution in [0.5, 0.6) is 0 Å². The fourth-order valence-corrected chi connectivity index (χ4v) is 2.24. The fourth-order valence-electron chi connectivity index (χ4n) is 1.75. The van der Waals surface area contributed by atoms with Crippen molar-refractivity contribution >= 4 is 27.7 Å². The summed E-state index contributed by atoms with van der Waals surface area (Å²) in [6.07, 6.45) is -1.50. The van der Waals surface area contributed by atoms with Gasteiger partial charge in [0.2, 0.25) is 0 Å². The number of hydrogen-bond acceptors (Lipinski definition) is 5. The number of carbonyl (C=O) groups excluding carboxylic acids is 1. The number of nitrogens with zero attached hydrogens (tertiary/aromatic N) is 3. The predicted octanol–water partition coefficient (Wildman–Crippen LogP) is 2.10. The number of imidazole rings is 1. The molecule has 11 heteroatoms. The van der Waals surface area contributed by atoms with Crippen molar-refractivity contribution in [1.82, 2.24) is 25.3 Å². The van der Waals surface area contributed by atoms with Gasteiger partial charge in [-0.05, 0) is 15.9 Å². The lowest BCUT2D eigenvalue weighted by Crippen LogP contribution is -2.30. The van der Waals surface area contributed by atoms with E-state index in [1.807, 2.05) is 6.92 Å². The standard InChI is InChI=1S/C12H12BrF3N6O/c1-5(10-18-2-3-19-10)4-20-11(23)6-9(17)22-7(8(13)21-6)12(14,15)16/h2-3,5H,4H2,1H3,(H2,17,22)(H,18,19)(H,20,23). The van der Waals surface area contributed by atoms with Crippen molar-refractivity contribution in [2.75, 3.05) is 12.3 Å². The van der Waals surface area contributed by atoms with E-state index >= 15 is 0 Å². The zero-order valence-electron chi connectivity index (χ0n) is 11.8. The first kappa shape index (κ1) is 17.2. The summed E-state index contributed by atoms with van der Waals surface area (Å²) in [7, 11) is 0. The molecule has 1 atom stereocenters. The fraction of sp³-hybridized carbons (Fsp3) is 0.333. The van der Waals surface area contributed by atoms with E-state index in [0.29, 0.717) is 5.82 Å². The second-order valence-electron chi connectivity index (χ2n) is 4.68. The number of amides is 1. The number of hydrogen-bond donors (Lipinski definition) is 3. The molecule has 2 heterocycles. The van der Waals surface area contributed by atoms with Crippen molar-refractivity contribution in [3.05, 3.63) is 34.2 Å². The van der Waals surface area contributed by atoms with Crippen LogP contribution in [0.15, 0.2) is 17.0 Å². The van der Waals surface area contributed by atoms with Crippen LogP contribution in [0.3, 0.4) is 0 Å². The molecule has 0 radical (unpaired) electrons. The Kier molecular flexibility index (Phi) is 4.88. The third kappa shape index (κ3) is 3.97. The van der Waals surface area contributed by atoms with Gasteiger partial charge in [-0.25, -0.2) is 15.0 Å². The van der Waals surface area contributed by atoms with Gasteiger partial charge in [0.05, 0.1) is 0 Å². The Hall–Kier alpha value is -2.17. The lowest BCUT2D eigenvalue weighted by atomic mass is 10.1. The molecule has 0 aliphatic rings. The summed E-state index contributed by atoms with van der Waals surface area (Å²) in [5.74, 6) is -0.773. The third-order valence-corrected chi connectivity index (χ3v) is 3.47. The molecule has 4 N–H and O–H groups in total. The molecule has 0 saturated carbocycles. The van der Waals surface area contributed by atoms with Gasteiger partial charge in [-0.1, -0.05) is 6.92 Å². The number of alkyl halides is 3. The first-order valence-corrected chi connectivity index (χ1v) is 7.17. The van der Waals surface area contributed by atoms with Crippen LogP contribution < -0.4 is 11.1 Å². The maximum Gasteiger partial charge on any atom is 0.436 e. The van der Waals surface area contributed by atoms with E-state index in [0.717, 1.165) is 0 Å². The minimum absolute atomic E-state index is 0.124. The van der Waals surface area contributed by atoms with Gasteiger partial charge >= 0.3 is 6.18 Å². The maximum absolute atomic E-state index is 12.7. The van der Waals surface area contributed by atoms with Gasteiger partial charge < -0.3 is 16.0 Å². The van der Waals surface area contributed by atoms with E-state index in [1.54, 1.807) is 12.4 Å². The SMILES string of the molecule is CC(CNC(=O)c1nc(Br)c(C(F)(F)F)nc1N)c1ncc[nH]1. The zero-order chi connectivity index (χ0) is 17.2. The second-order valence-corrected chi connectivity index (χ2v) is 5.43. The van der Waals surface area contributed by atoms with Crippen LogP contribution >= 0.6 is 15.9 Å². The van der Waals surface area contributed by atoms with Crippen LogP contribution in [0.25, 0.3) is 0 Å². The van der Waals surface area contributed by atoms with Gasteiger partial charge in [0.25, 0.3) is 5.91 Å². The highest BCUT2D eigenvalue weighted by Crippen LogP contribution is 2.33. The van der Waals surface area contributed by atoms with Gasteiger partial charge in [0.15, 0.2) is 17.2 Å². The molecule has 2 aromatic rings. The van der Waals surface area contributed by atoms with E-state index < -0.39 is 28.2 Å². The van der Waals surface area contributed by atoms with Gasteiger partial charge in [-0.2, -0.15) is 13.2 Å². The van der Waals surface area contributed by atoms with Crippen molar-refractivity contribution in [2.24, 2.45) is 0 Å². The number of halogens is 4. The Morgan fingerprint density at radius 2 is 2.17 bits per heavy atom. The van der Waals surface area contributed by atoms with Crippen molar-refractivity contribution in [2.45, 2.75) is 19.0 Å². The van der Waals surface area contributed by atoms with Crippen LogP contribution in [0.1, 0.15) is 34.8 Å². The van der Waals surface area contributed by atoms with E-state index in [1.165, 1.54) is 0 Å². The number of nitrogen functional groups attached to an aromatic ring is 1. The molecular formula is C12H12BrF3N6O. The summed E-state index contributed by atoms with van der Waals surface area (Å²) in [6.45, 7) is 2.02. The number of nitrogens with two attached hydrogens (primary N) is 1. The molecule has 0 saturated heterocycles. The predicted molar refractivity (Wildman–Crippen MR) is 78.5 cm³/mol. The van der Waals surface area contributed by atoms with Crippen molar-refractivity contribution in [3.8, 4) is 0 Å². The Morgan fingerprint density at radius 3 is 2.74 bits per heavy atom. The number of rotatable bonds is 4. The number of nitrogens with one attached hydrogen (secondary N) is 2. The Bertz CT molecular complexity index is 704. The molecule has 0 fully saturated rings. The number of H-pyrrole nitrogens is 1. The average molecular weight is 393 g/mol. The molecule has 1 unspecified atom stereocenters.